The molecule has 17 heavy (non-hydrogen) atoms. The smallest absolute Gasteiger partial charge is 0.225 e. The number of nitrogens with zero attached hydrogens (tertiary/aromatic N) is 3. The molecule has 1 aliphatic rings. The maximum absolute atomic E-state index is 9.59. The van der Waals surface area contributed by atoms with Gasteiger partial charge in [0.2, 0.25) is 5.95 Å². The van der Waals surface area contributed by atoms with Crippen LogP contribution in [0.2, 0.25) is 0 Å². The lowest BCUT2D eigenvalue weighted by atomic mass is 9.98. The van der Waals surface area contributed by atoms with Crippen LogP contribution in [0.4, 0.5) is 5.95 Å². The molecule has 0 spiro atoms. The average Bonchev–Trinajstić information content (AvgIpc) is 2.28. The van der Waals surface area contributed by atoms with Gasteiger partial charge in [-0.25, -0.2) is 9.97 Å². The molecule has 4 heteroatoms. The lowest BCUT2D eigenvalue weighted by Gasteiger charge is -2.44. The van der Waals surface area contributed by atoms with E-state index in [1.165, 1.54) is 0 Å². The van der Waals surface area contributed by atoms with Crippen molar-refractivity contribution in [1.29, 1.82) is 0 Å². The van der Waals surface area contributed by atoms with E-state index in [0.717, 1.165) is 5.56 Å². The van der Waals surface area contributed by atoms with Crippen LogP contribution in [-0.2, 0) is 0 Å². The fourth-order valence-electron chi connectivity index (χ4n) is 1.71. The van der Waals surface area contributed by atoms with E-state index < -0.39 is 5.60 Å². The Bertz CT molecular complexity index is 338. The topological polar surface area (TPSA) is 49.2 Å². The van der Waals surface area contributed by atoms with Crippen LogP contribution in [0.5, 0.6) is 0 Å². The maximum Gasteiger partial charge on any atom is 0.225 e. The van der Waals surface area contributed by atoms with Crippen LogP contribution in [0, 0.1) is 0 Å². The summed E-state index contributed by atoms with van der Waals surface area (Å²) in [4.78, 5) is 10.6. The Kier molecular flexibility index (Phi) is 4.46. The molecule has 4 nitrogen and oxygen atoms in total. The molecule has 1 aromatic rings. The molecule has 1 aromatic heterocycles. The number of hydrogen-bond acceptors (Lipinski definition) is 4. The van der Waals surface area contributed by atoms with E-state index in [1.807, 2.05) is 38.1 Å². The summed E-state index contributed by atoms with van der Waals surface area (Å²) in [5, 5.41) is 9.59. The van der Waals surface area contributed by atoms with Crippen molar-refractivity contribution in [2.24, 2.45) is 0 Å². The average molecular weight is 237 g/mol. The van der Waals surface area contributed by atoms with E-state index in [1.54, 1.807) is 0 Å². The highest BCUT2D eigenvalue weighted by atomic mass is 16.3. The van der Waals surface area contributed by atoms with Gasteiger partial charge in [0, 0.05) is 12.4 Å². The highest BCUT2D eigenvalue weighted by Crippen LogP contribution is 2.24. The first-order valence-electron chi connectivity index (χ1n) is 6.27. The van der Waals surface area contributed by atoms with Gasteiger partial charge in [0.1, 0.15) is 0 Å². The zero-order valence-electron chi connectivity index (χ0n) is 11.4. The predicted molar refractivity (Wildman–Crippen MR) is 70.3 cm³/mol. The molecule has 0 atom stereocenters. The zero-order valence-corrected chi connectivity index (χ0v) is 11.4. The van der Waals surface area contributed by atoms with Gasteiger partial charge in [0.15, 0.2) is 0 Å². The van der Waals surface area contributed by atoms with E-state index in [2.05, 4.69) is 23.8 Å². The minimum absolute atomic E-state index is 0.457. The second-order valence-corrected chi connectivity index (χ2v) is 4.82. The van der Waals surface area contributed by atoms with Crippen LogP contribution in [0.1, 0.15) is 46.1 Å². The Morgan fingerprint density at radius 2 is 1.71 bits per heavy atom. The lowest BCUT2D eigenvalue weighted by Crippen LogP contribution is -2.60. The van der Waals surface area contributed by atoms with Gasteiger partial charge in [0.05, 0.1) is 18.7 Å². The molecule has 0 saturated carbocycles. The molecule has 0 aliphatic carbocycles. The summed E-state index contributed by atoms with van der Waals surface area (Å²) >= 11 is 0. The van der Waals surface area contributed by atoms with Crippen LogP contribution in [0.3, 0.4) is 0 Å². The SMILES string of the molecule is CC.CC(C)c1cnc(N2CC(C)(O)C2)nc1. The molecule has 0 unspecified atom stereocenters. The van der Waals surface area contributed by atoms with Gasteiger partial charge < -0.3 is 10.0 Å². The molecule has 0 radical (unpaired) electrons. The highest BCUT2D eigenvalue weighted by molar-refractivity contribution is 5.36. The molecular weight excluding hydrogens is 214 g/mol. The van der Waals surface area contributed by atoms with E-state index in [4.69, 9.17) is 0 Å². The van der Waals surface area contributed by atoms with E-state index >= 15 is 0 Å². The van der Waals surface area contributed by atoms with Gasteiger partial charge in [-0.3, -0.25) is 0 Å². The molecule has 2 heterocycles. The number of anilines is 1. The molecular formula is C13H23N3O. The fraction of sp³-hybridized carbons (Fsp3) is 0.692. The number of aliphatic hydroxyl groups is 1. The Balaban J connectivity index is 0.000000686. The minimum atomic E-state index is -0.569. The Labute approximate surface area is 104 Å². The van der Waals surface area contributed by atoms with Crippen molar-refractivity contribution in [3.8, 4) is 0 Å². The van der Waals surface area contributed by atoms with Crippen LogP contribution < -0.4 is 4.90 Å². The van der Waals surface area contributed by atoms with Crippen molar-refractivity contribution in [3.05, 3.63) is 18.0 Å². The standard InChI is InChI=1S/C11H17N3O.C2H6/c1-8(2)9-4-12-10(13-5-9)14-6-11(3,15)7-14;1-2/h4-5,8,15H,6-7H2,1-3H3;1-2H3. The van der Waals surface area contributed by atoms with E-state index in [9.17, 15) is 5.11 Å². The third-order valence-electron chi connectivity index (χ3n) is 2.67. The quantitative estimate of drug-likeness (QED) is 0.856. The largest absolute Gasteiger partial charge is 0.386 e. The van der Waals surface area contributed by atoms with Crippen molar-refractivity contribution < 1.29 is 5.11 Å². The van der Waals surface area contributed by atoms with Crippen molar-refractivity contribution in [1.82, 2.24) is 9.97 Å². The number of β-amino-alcohol motifs (C(OH)–C–C–N with tert-alkyl or cyclic N) is 1. The van der Waals surface area contributed by atoms with Crippen LogP contribution >= 0.6 is 0 Å². The van der Waals surface area contributed by atoms with Crippen molar-refractivity contribution in [3.63, 3.8) is 0 Å². The first-order chi connectivity index (χ1) is 7.98. The Morgan fingerprint density at radius 1 is 1.24 bits per heavy atom. The molecule has 96 valence electrons. The summed E-state index contributed by atoms with van der Waals surface area (Å²) < 4.78 is 0. The van der Waals surface area contributed by atoms with Gasteiger partial charge in [-0.2, -0.15) is 0 Å². The number of hydrogen-bond donors (Lipinski definition) is 1. The third-order valence-corrected chi connectivity index (χ3v) is 2.67. The summed E-state index contributed by atoms with van der Waals surface area (Å²) in [7, 11) is 0. The van der Waals surface area contributed by atoms with Gasteiger partial charge in [-0.05, 0) is 18.4 Å². The predicted octanol–water partition coefficient (Wildman–Crippen LogP) is 2.20. The molecule has 0 bridgehead atoms. The van der Waals surface area contributed by atoms with Crippen LogP contribution in [-0.4, -0.2) is 33.8 Å². The van der Waals surface area contributed by atoms with Crippen LogP contribution in [0.25, 0.3) is 0 Å². The first-order valence-corrected chi connectivity index (χ1v) is 6.27. The zero-order chi connectivity index (χ0) is 13.1. The van der Waals surface area contributed by atoms with Gasteiger partial charge in [-0.1, -0.05) is 27.7 Å². The van der Waals surface area contributed by atoms with Crippen molar-refractivity contribution >= 4 is 5.95 Å². The molecule has 0 aromatic carbocycles. The van der Waals surface area contributed by atoms with Gasteiger partial charge in [-0.15, -0.1) is 0 Å². The Hall–Kier alpha value is -1.16. The number of aromatic nitrogens is 2. The summed E-state index contributed by atoms with van der Waals surface area (Å²) in [6.45, 7) is 11.3. The third kappa shape index (κ3) is 3.40. The second kappa shape index (κ2) is 5.45. The van der Waals surface area contributed by atoms with E-state index in [0.29, 0.717) is 25.0 Å². The van der Waals surface area contributed by atoms with Crippen molar-refractivity contribution in [2.45, 2.75) is 46.1 Å². The Morgan fingerprint density at radius 3 is 2.06 bits per heavy atom. The fourth-order valence-corrected chi connectivity index (χ4v) is 1.71. The first kappa shape index (κ1) is 13.9. The number of rotatable bonds is 2. The summed E-state index contributed by atoms with van der Waals surface area (Å²) in [6, 6.07) is 0. The maximum atomic E-state index is 9.59. The monoisotopic (exact) mass is 237 g/mol. The van der Waals surface area contributed by atoms with Crippen molar-refractivity contribution in [2.75, 3.05) is 18.0 Å². The van der Waals surface area contributed by atoms with E-state index in [-0.39, 0.29) is 0 Å². The summed E-state index contributed by atoms with van der Waals surface area (Å²) in [6.07, 6.45) is 3.72. The second-order valence-electron chi connectivity index (χ2n) is 4.82. The molecule has 0 amide bonds. The normalized spacial score (nSPS) is 17.2. The molecule has 1 aliphatic heterocycles. The molecule has 1 saturated heterocycles. The molecule has 1 fully saturated rings. The lowest BCUT2D eigenvalue weighted by molar-refractivity contribution is 0.0300. The minimum Gasteiger partial charge on any atom is -0.386 e. The molecule has 2 rings (SSSR count). The summed E-state index contributed by atoms with van der Waals surface area (Å²) in [5.41, 5.74) is 0.575. The summed E-state index contributed by atoms with van der Waals surface area (Å²) in [5.74, 6) is 1.17. The molecule has 1 N–H and O–H groups in total. The van der Waals surface area contributed by atoms with Crippen LogP contribution in [0.15, 0.2) is 12.4 Å². The van der Waals surface area contributed by atoms with Gasteiger partial charge in [0.25, 0.3) is 0 Å². The highest BCUT2D eigenvalue weighted by Gasteiger charge is 2.37. The van der Waals surface area contributed by atoms with Gasteiger partial charge >= 0.3 is 0 Å².